The third-order valence-electron chi connectivity index (χ3n) is 5.16. The summed E-state index contributed by atoms with van der Waals surface area (Å²) in [5, 5.41) is 11.7. The highest BCUT2D eigenvalue weighted by Crippen LogP contribution is 2.28. The molecule has 1 amide bonds. The number of carbonyl (C=O) groups excluding carboxylic acids is 1. The van der Waals surface area contributed by atoms with Crippen molar-refractivity contribution < 1.29 is 26.4 Å². The molecule has 2 aromatic heterocycles. The number of halogens is 3. The zero-order valence-electron chi connectivity index (χ0n) is 17.6. The molecule has 1 aliphatic heterocycles. The zero-order valence-corrected chi connectivity index (χ0v) is 18.4. The van der Waals surface area contributed by atoms with E-state index in [1.807, 2.05) is 5.43 Å². The van der Waals surface area contributed by atoms with E-state index in [2.05, 4.69) is 20.4 Å². The van der Waals surface area contributed by atoms with Gasteiger partial charge in [0.2, 0.25) is 21.9 Å². The van der Waals surface area contributed by atoms with Gasteiger partial charge in [0, 0.05) is 30.2 Å². The van der Waals surface area contributed by atoms with Gasteiger partial charge >= 0.3 is 6.18 Å². The normalized spacial score (nSPS) is 17.3. The molecule has 0 fully saturated rings. The molecule has 3 aromatic rings. The largest absolute Gasteiger partial charge is 0.437 e. The van der Waals surface area contributed by atoms with Gasteiger partial charge in [0.25, 0.3) is 0 Å². The predicted octanol–water partition coefficient (Wildman–Crippen LogP) is 2.78. The Balaban J connectivity index is 1.75. The van der Waals surface area contributed by atoms with Gasteiger partial charge in [0.05, 0.1) is 10.6 Å². The molecule has 0 radical (unpaired) electrons. The molecule has 0 bridgehead atoms. The zero-order chi connectivity index (χ0) is 24.5. The number of primary sulfonamides is 1. The first-order valence-electron chi connectivity index (χ1n) is 10.2. The van der Waals surface area contributed by atoms with E-state index in [9.17, 15) is 26.4 Å². The molecule has 0 saturated carbocycles. The number of hydrogen-bond donors (Lipinski definition) is 3. The van der Waals surface area contributed by atoms with Crippen molar-refractivity contribution in [2.45, 2.75) is 43.3 Å². The van der Waals surface area contributed by atoms with E-state index >= 15 is 0 Å². The topological polar surface area (TPSA) is 144 Å². The molecular weight excluding hydrogens is 475 g/mol. The second-order valence-corrected chi connectivity index (χ2v) is 9.21. The van der Waals surface area contributed by atoms with E-state index in [0.717, 1.165) is 0 Å². The number of aryl methyl sites for hydroxylation is 1. The van der Waals surface area contributed by atoms with Gasteiger partial charge in [0.1, 0.15) is 5.65 Å². The number of nitrogens with zero attached hydrogens (tertiary/aromatic N) is 4. The number of aromatic nitrogens is 3. The van der Waals surface area contributed by atoms with Gasteiger partial charge in [-0.2, -0.15) is 23.3 Å². The van der Waals surface area contributed by atoms with E-state index in [1.165, 1.54) is 41.1 Å². The minimum atomic E-state index is -4.81. The fourth-order valence-electron chi connectivity index (χ4n) is 3.55. The minimum Gasteiger partial charge on any atom is -0.324 e. The molecule has 1 aromatic carbocycles. The summed E-state index contributed by atoms with van der Waals surface area (Å²) in [5.74, 6) is -0.476. The fraction of sp³-hybridized carbons (Fsp3) is 0.300. The van der Waals surface area contributed by atoms with Crippen LogP contribution in [0.25, 0.3) is 11.0 Å². The Labute approximate surface area is 192 Å². The summed E-state index contributed by atoms with van der Waals surface area (Å²) in [7, 11) is -3.85. The summed E-state index contributed by atoms with van der Waals surface area (Å²) < 4.78 is 65.7. The van der Waals surface area contributed by atoms with Crippen molar-refractivity contribution in [1.82, 2.24) is 20.0 Å². The maximum Gasteiger partial charge on any atom is 0.437 e. The van der Waals surface area contributed by atoms with Crippen molar-refractivity contribution in [1.29, 1.82) is 0 Å². The molecule has 0 unspecified atom stereocenters. The number of sulfonamides is 1. The molecular formula is C20H20F3N7O3S. The number of fused-ring (bicyclic) bond motifs is 3. The van der Waals surface area contributed by atoms with Crippen LogP contribution in [-0.4, -0.2) is 40.7 Å². The average molecular weight is 495 g/mol. The number of nitrogens with one attached hydrogen (secondary N) is 2. The van der Waals surface area contributed by atoms with Gasteiger partial charge in [-0.3, -0.25) is 4.79 Å². The molecule has 1 aliphatic rings. The number of hydrogen-bond acceptors (Lipinski definition) is 7. The standard InChI is InChI=1S/C20H20F3N7O3S/c21-20(22,23)17-15-10-12-11-25-19(26-13-5-7-14(8-6-13)34(24,32)33)27-18(12)30(15)9-3-1-2-4-16(31)28-29-17/h5-8,10-11H,1-4,9H2,(H,28,31)(H2,24,32,33)(H,25,26,27)/b29-17+. The molecule has 3 heterocycles. The Morgan fingerprint density at radius 2 is 1.85 bits per heavy atom. The third-order valence-corrected chi connectivity index (χ3v) is 6.09. The van der Waals surface area contributed by atoms with Crippen molar-refractivity contribution >= 4 is 44.3 Å². The monoisotopic (exact) mass is 495 g/mol. The van der Waals surface area contributed by atoms with Crippen LogP contribution in [0.2, 0.25) is 0 Å². The predicted molar refractivity (Wildman–Crippen MR) is 118 cm³/mol. The number of hydrazone groups is 1. The van der Waals surface area contributed by atoms with E-state index in [0.29, 0.717) is 30.3 Å². The summed E-state index contributed by atoms with van der Waals surface area (Å²) in [6, 6.07) is 6.82. The highest BCUT2D eigenvalue weighted by Gasteiger charge is 2.40. The van der Waals surface area contributed by atoms with Gasteiger partial charge in [-0.05, 0) is 43.2 Å². The van der Waals surface area contributed by atoms with Gasteiger partial charge in [-0.1, -0.05) is 6.42 Å². The van der Waals surface area contributed by atoms with Crippen LogP contribution in [0.3, 0.4) is 0 Å². The number of carbonyl (C=O) groups is 1. The Hall–Kier alpha value is -3.52. The first kappa shape index (κ1) is 23.6. The lowest BCUT2D eigenvalue weighted by Gasteiger charge is -2.14. The lowest BCUT2D eigenvalue weighted by Crippen LogP contribution is -2.30. The van der Waals surface area contributed by atoms with Gasteiger partial charge < -0.3 is 9.88 Å². The summed E-state index contributed by atoms with van der Waals surface area (Å²) in [5.41, 5.74) is 1.26. The third kappa shape index (κ3) is 5.17. The van der Waals surface area contributed by atoms with Crippen molar-refractivity contribution in [2.75, 3.05) is 5.32 Å². The van der Waals surface area contributed by atoms with Gasteiger partial charge in [-0.25, -0.2) is 24.0 Å². The number of amides is 1. The number of rotatable bonds is 3. The average Bonchev–Trinajstić information content (AvgIpc) is 3.08. The van der Waals surface area contributed by atoms with Gasteiger partial charge in [-0.15, -0.1) is 0 Å². The van der Waals surface area contributed by atoms with Crippen LogP contribution in [0.4, 0.5) is 24.8 Å². The first-order chi connectivity index (χ1) is 16.0. The van der Waals surface area contributed by atoms with Crippen molar-refractivity contribution in [2.24, 2.45) is 10.2 Å². The number of alkyl halides is 3. The second-order valence-electron chi connectivity index (χ2n) is 7.65. The molecule has 34 heavy (non-hydrogen) atoms. The maximum absolute atomic E-state index is 13.8. The molecule has 0 atom stereocenters. The van der Waals surface area contributed by atoms with Crippen LogP contribution in [-0.2, 0) is 21.4 Å². The SMILES string of the molecule is NS(=O)(=O)c1ccc(Nc2ncc3cc4n(c3n2)CCCCCC(=O)N/N=C\4C(F)(F)F)cc1. The van der Waals surface area contributed by atoms with Crippen LogP contribution < -0.4 is 15.9 Å². The summed E-state index contributed by atoms with van der Waals surface area (Å²) >= 11 is 0. The highest BCUT2D eigenvalue weighted by molar-refractivity contribution is 7.89. The lowest BCUT2D eigenvalue weighted by atomic mass is 10.2. The number of nitrogens with two attached hydrogens (primary N) is 1. The van der Waals surface area contributed by atoms with Crippen LogP contribution >= 0.6 is 0 Å². The maximum atomic E-state index is 13.8. The van der Waals surface area contributed by atoms with Crippen molar-refractivity contribution in [3.8, 4) is 0 Å². The van der Waals surface area contributed by atoms with Crippen LogP contribution in [0.1, 0.15) is 31.4 Å². The van der Waals surface area contributed by atoms with Gasteiger partial charge in [0.15, 0.2) is 5.71 Å². The fourth-order valence-corrected chi connectivity index (χ4v) is 4.07. The van der Waals surface area contributed by atoms with Crippen molar-refractivity contribution in [3.63, 3.8) is 0 Å². The molecule has 0 saturated heterocycles. The smallest absolute Gasteiger partial charge is 0.324 e. The highest BCUT2D eigenvalue weighted by atomic mass is 32.2. The quantitative estimate of drug-likeness (QED) is 0.510. The number of benzene rings is 1. The summed E-state index contributed by atoms with van der Waals surface area (Å²) in [4.78, 5) is 20.3. The molecule has 0 aliphatic carbocycles. The van der Waals surface area contributed by atoms with E-state index in [4.69, 9.17) is 5.14 Å². The van der Waals surface area contributed by atoms with Crippen LogP contribution in [0.5, 0.6) is 0 Å². The molecule has 10 nitrogen and oxygen atoms in total. The summed E-state index contributed by atoms with van der Waals surface area (Å²) in [6.07, 6.45) is -1.65. The number of anilines is 2. The Bertz CT molecular complexity index is 1370. The molecule has 4 rings (SSSR count). The van der Waals surface area contributed by atoms with E-state index < -0.39 is 27.8 Å². The molecule has 4 N–H and O–H groups in total. The van der Waals surface area contributed by atoms with E-state index in [-0.39, 0.29) is 35.2 Å². The molecule has 14 heteroatoms. The second kappa shape index (κ2) is 9.02. The first-order valence-corrected chi connectivity index (χ1v) is 11.8. The van der Waals surface area contributed by atoms with Crippen molar-refractivity contribution in [3.05, 3.63) is 42.2 Å². The minimum absolute atomic E-state index is 0.0728. The van der Waals surface area contributed by atoms with Crippen LogP contribution in [0, 0.1) is 0 Å². The lowest BCUT2D eigenvalue weighted by molar-refractivity contribution is -0.121. The summed E-state index contributed by atoms with van der Waals surface area (Å²) in [6.45, 7) is 0.238. The Morgan fingerprint density at radius 3 is 2.53 bits per heavy atom. The van der Waals surface area contributed by atoms with E-state index in [1.54, 1.807) is 0 Å². The Morgan fingerprint density at radius 1 is 1.12 bits per heavy atom. The molecule has 0 spiro atoms. The van der Waals surface area contributed by atoms with Crippen LogP contribution in [0.15, 0.2) is 46.5 Å². The molecule has 180 valence electrons. The Kier molecular flexibility index (Phi) is 6.27.